The lowest BCUT2D eigenvalue weighted by atomic mass is 9.96. The second-order valence-electron chi connectivity index (χ2n) is 3.99. The van der Waals surface area contributed by atoms with Crippen molar-refractivity contribution in [2.75, 3.05) is 40.6 Å². The minimum Gasteiger partial charge on any atom is -0.468 e. The molecule has 0 aromatic rings. The number of hydrogen-bond donors (Lipinski definition) is 1. The molecular formula is C12H25NO4. The lowest BCUT2D eigenvalue weighted by Gasteiger charge is -2.25. The fraction of sp³-hybridized carbons (Fsp3) is 0.917. The van der Waals surface area contributed by atoms with Gasteiger partial charge in [-0.05, 0) is 33.7 Å². The van der Waals surface area contributed by atoms with E-state index in [1.54, 1.807) is 7.05 Å². The van der Waals surface area contributed by atoms with Crippen LogP contribution in [0.25, 0.3) is 0 Å². The third-order valence-corrected chi connectivity index (χ3v) is 2.73. The van der Waals surface area contributed by atoms with Crippen LogP contribution < -0.4 is 5.32 Å². The van der Waals surface area contributed by atoms with Gasteiger partial charge < -0.3 is 19.5 Å². The molecule has 0 aromatic carbocycles. The molecule has 0 spiro atoms. The molecule has 1 unspecified atom stereocenters. The third-order valence-electron chi connectivity index (χ3n) is 2.73. The van der Waals surface area contributed by atoms with Crippen molar-refractivity contribution in [2.45, 2.75) is 32.2 Å². The van der Waals surface area contributed by atoms with Crippen LogP contribution in [-0.2, 0) is 19.0 Å². The number of methoxy groups -OCH3 is 1. The van der Waals surface area contributed by atoms with Crippen LogP contribution in [0.2, 0.25) is 0 Å². The number of esters is 1. The van der Waals surface area contributed by atoms with Gasteiger partial charge in [-0.2, -0.15) is 0 Å². The predicted molar refractivity (Wildman–Crippen MR) is 66.0 cm³/mol. The topological polar surface area (TPSA) is 56.8 Å². The zero-order valence-corrected chi connectivity index (χ0v) is 11.4. The molecule has 0 rings (SSSR count). The Kier molecular flexibility index (Phi) is 9.03. The Hall–Kier alpha value is -0.650. The average molecular weight is 247 g/mol. The Labute approximate surface area is 104 Å². The van der Waals surface area contributed by atoms with Gasteiger partial charge >= 0.3 is 5.97 Å². The van der Waals surface area contributed by atoms with Gasteiger partial charge in [-0.3, -0.25) is 4.79 Å². The maximum Gasteiger partial charge on any atom is 0.325 e. The Morgan fingerprint density at radius 1 is 1.24 bits per heavy atom. The molecule has 5 nitrogen and oxygen atoms in total. The van der Waals surface area contributed by atoms with Crippen LogP contribution in [-0.4, -0.2) is 52.1 Å². The summed E-state index contributed by atoms with van der Waals surface area (Å²) >= 11 is 0. The molecule has 5 heteroatoms. The van der Waals surface area contributed by atoms with E-state index in [0.717, 1.165) is 6.42 Å². The zero-order valence-electron chi connectivity index (χ0n) is 11.4. The van der Waals surface area contributed by atoms with Gasteiger partial charge in [0.1, 0.15) is 5.54 Å². The molecule has 17 heavy (non-hydrogen) atoms. The second kappa shape index (κ2) is 9.39. The summed E-state index contributed by atoms with van der Waals surface area (Å²) < 4.78 is 15.3. The number of rotatable bonds is 10. The average Bonchev–Trinajstić information content (AvgIpc) is 2.36. The van der Waals surface area contributed by atoms with Gasteiger partial charge in [-0.1, -0.05) is 0 Å². The van der Waals surface area contributed by atoms with E-state index in [1.807, 2.05) is 13.8 Å². The molecule has 0 aliphatic heterocycles. The summed E-state index contributed by atoms with van der Waals surface area (Å²) in [6.45, 7) is 6.34. The molecule has 0 bridgehead atoms. The van der Waals surface area contributed by atoms with E-state index in [-0.39, 0.29) is 5.97 Å². The van der Waals surface area contributed by atoms with Crippen molar-refractivity contribution in [1.82, 2.24) is 5.32 Å². The smallest absolute Gasteiger partial charge is 0.325 e. The SMILES string of the molecule is CCOCCOCCCC(C)(NC)C(=O)OC. The molecule has 0 saturated carbocycles. The highest BCUT2D eigenvalue weighted by molar-refractivity contribution is 5.80. The summed E-state index contributed by atoms with van der Waals surface area (Å²) in [5.74, 6) is -0.241. The van der Waals surface area contributed by atoms with E-state index in [9.17, 15) is 4.79 Å². The highest BCUT2D eigenvalue weighted by Crippen LogP contribution is 2.13. The molecule has 0 amide bonds. The first kappa shape index (κ1) is 16.4. The van der Waals surface area contributed by atoms with E-state index in [0.29, 0.717) is 32.8 Å². The number of likely N-dealkylation sites (N-methyl/N-ethyl adjacent to an activating group) is 1. The fourth-order valence-corrected chi connectivity index (χ4v) is 1.45. The number of nitrogens with one attached hydrogen (secondary N) is 1. The first-order chi connectivity index (χ1) is 8.10. The van der Waals surface area contributed by atoms with Crippen LogP contribution in [0.15, 0.2) is 0 Å². The van der Waals surface area contributed by atoms with Gasteiger partial charge in [0.2, 0.25) is 0 Å². The van der Waals surface area contributed by atoms with Crippen molar-refractivity contribution < 1.29 is 19.0 Å². The normalized spacial score (nSPS) is 14.4. The van der Waals surface area contributed by atoms with Crippen LogP contribution in [0.4, 0.5) is 0 Å². The Morgan fingerprint density at radius 2 is 1.88 bits per heavy atom. The Balaban J connectivity index is 3.67. The minimum atomic E-state index is -0.627. The minimum absolute atomic E-state index is 0.241. The summed E-state index contributed by atoms with van der Waals surface area (Å²) in [4.78, 5) is 11.5. The lowest BCUT2D eigenvalue weighted by molar-refractivity contribution is -0.148. The molecule has 0 heterocycles. The predicted octanol–water partition coefficient (Wildman–Crippen LogP) is 0.971. The summed E-state index contributed by atoms with van der Waals surface area (Å²) in [5, 5.41) is 2.99. The first-order valence-electron chi connectivity index (χ1n) is 6.03. The quantitative estimate of drug-likeness (QED) is 0.460. The lowest BCUT2D eigenvalue weighted by Crippen LogP contribution is -2.48. The highest BCUT2D eigenvalue weighted by Gasteiger charge is 2.31. The van der Waals surface area contributed by atoms with Crippen molar-refractivity contribution >= 4 is 5.97 Å². The monoisotopic (exact) mass is 247 g/mol. The first-order valence-corrected chi connectivity index (χ1v) is 6.03. The fourth-order valence-electron chi connectivity index (χ4n) is 1.45. The Bertz CT molecular complexity index is 211. The molecule has 1 atom stereocenters. The van der Waals surface area contributed by atoms with Crippen LogP contribution in [0, 0.1) is 0 Å². The number of carbonyl (C=O) groups excluding carboxylic acids is 1. The Morgan fingerprint density at radius 3 is 2.41 bits per heavy atom. The molecule has 0 radical (unpaired) electrons. The van der Waals surface area contributed by atoms with E-state index < -0.39 is 5.54 Å². The molecule has 0 aliphatic carbocycles. The van der Waals surface area contributed by atoms with Crippen LogP contribution in [0.1, 0.15) is 26.7 Å². The number of ether oxygens (including phenoxy) is 3. The molecule has 0 fully saturated rings. The number of carbonyl (C=O) groups is 1. The maximum atomic E-state index is 11.5. The molecule has 0 saturated heterocycles. The van der Waals surface area contributed by atoms with Crippen LogP contribution in [0.5, 0.6) is 0 Å². The summed E-state index contributed by atoms with van der Waals surface area (Å²) in [5.41, 5.74) is -0.627. The summed E-state index contributed by atoms with van der Waals surface area (Å²) in [7, 11) is 3.16. The molecule has 102 valence electrons. The number of hydrogen-bond acceptors (Lipinski definition) is 5. The molecule has 0 aromatic heterocycles. The van der Waals surface area contributed by atoms with Gasteiger partial charge in [0.25, 0.3) is 0 Å². The largest absolute Gasteiger partial charge is 0.468 e. The van der Waals surface area contributed by atoms with E-state index in [2.05, 4.69) is 5.32 Å². The molecule has 0 aliphatic rings. The summed E-state index contributed by atoms with van der Waals surface area (Å²) in [6.07, 6.45) is 1.49. The third kappa shape index (κ3) is 6.61. The summed E-state index contributed by atoms with van der Waals surface area (Å²) in [6, 6.07) is 0. The van der Waals surface area contributed by atoms with Gasteiger partial charge in [-0.15, -0.1) is 0 Å². The second-order valence-corrected chi connectivity index (χ2v) is 3.99. The molecular weight excluding hydrogens is 222 g/mol. The zero-order chi connectivity index (χ0) is 13.1. The van der Waals surface area contributed by atoms with Crippen molar-refractivity contribution in [3.63, 3.8) is 0 Å². The van der Waals surface area contributed by atoms with Gasteiger partial charge in [-0.25, -0.2) is 0 Å². The highest BCUT2D eigenvalue weighted by atomic mass is 16.5. The van der Waals surface area contributed by atoms with Crippen LogP contribution in [0.3, 0.4) is 0 Å². The van der Waals surface area contributed by atoms with E-state index >= 15 is 0 Å². The maximum absolute atomic E-state index is 11.5. The van der Waals surface area contributed by atoms with Gasteiger partial charge in [0.15, 0.2) is 0 Å². The van der Waals surface area contributed by atoms with Crippen LogP contribution >= 0.6 is 0 Å². The van der Waals surface area contributed by atoms with Crippen molar-refractivity contribution in [1.29, 1.82) is 0 Å². The van der Waals surface area contributed by atoms with Crippen molar-refractivity contribution in [3.05, 3.63) is 0 Å². The standard InChI is InChI=1S/C12H25NO4/c1-5-16-9-10-17-8-6-7-12(2,13-3)11(14)15-4/h13H,5-10H2,1-4H3. The van der Waals surface area contributed by atoms with E-state index in [1.165, 1.54) is 7.11 Å². The van der Waals surface area contributed by atoms with Gasteiger partial charge in [0, 0.05) is 13.2 Å². The van der Waals surface area contributed by atoms with Gasteiger partial charge in [0.05, 0.1) is 20.3 Å². The van der Waals surface area contributed by atoms with Crippen molar-refractivity contribution in [2.24, 2.45) is 0 Å². The molecule has 1 N–H and O–H groups in total. The van der Waals surface area contributed by atoms with E-state index in [4.69, 9.17) is 14.2 Å². The van der Waals surface area contributed by atoms with Crippen molar-refractivity contribution in [3.8, 4) is 0 Å².